The third-order valence-corrected chi connectivity index (χ3v) is 5.55. The summed E-state index contributed by atoms with van der Waals surface area (Å²) in [6, 6.07) is 3.10. The van der Waals surface area contributed by atoms with Gasteiger partial charge in [-0.1, -0.05) is 11.6 Å². The summed E-state index contributed by atoms with van der Waals surface area (Å²) in [5.74, 6) is -1.52. The van der Waals surface area contributed by atoms with Gasteiger partial charge in [-0.05, 0) is 24.6 Å². The highest BCUT2D eigenvalue weighted by molar-refractivity contribution is 7.89. The zero-order valence-electron chi connectivity index (χ0n) is 10.7. The first-order valence-corrected chi connectivity index (χ1v) is 7.71. The van der Waals surface area contributed by atoms with E-state index in [1.165, 1.54) is 7.11 Å². The second-order valence-electron chi connectivity index (χ2n) is 4.45. The van der Waals surface area contributed by atoms with Crippen LogP contribution in [-0.4, -0.2) is 38.9 Å². The molecular formula is C12H13ClFNO4S. The number of benzene rings is 1. The van der Waals surface area contributed by atoms with Gasteiger partial charge < -0.3 is 4.74 Å². The van der Waals surface area contributed by atoms with E-state index in [1.807, 2.05) is 0 Å². The van der Waals surface area contributed by atoms with Crippen LogP contribution in [0.25, 0.3) is 0 Å². The molecule has 20 heavy (non-hydrogen) atoms. The molecule has 0 spiro atoms. The maximum absolute atomic E-state index is 13.0. The van der Waals surface area contributed by atoms with E-state index in [0.717, 1.165) is 22.5 Å². The van der Waals surface area contributed by atoms with Crippen LogP contribution >= 0.6 is 11.6 Å². The average Bonchev–Trinajstić information content (AvgIpc) is 2.87. The van der Waals surface area contributed by atoms with Crippen LogP contribution in [-0.2, 0) is 19.6 Å². The molecule has 0 radical (unpaired) electrons. The molecule has 110 valence electrons. The molecular weight excluding hydrogens is 309 g/mol. The number of esters is 1. The highest BCUT2D eigenvalue weighted by Gasteiger charge is 2.37. The van der Waals surface area contributed by atoms with Crippen molar-refractivity contribution in [3.05, 3.63) is 29.0 Å². The van der Waals surface area contributed by atoms with E-state index in [9.17, 15) is 17.6 Å². The van der Waals surface area contributed by atoms with E-state index in [-0.39, 0.29) is 23.0 Å². The fraction of sp³-hybridized carbons (Fsp3) is 0.417. The zero-order valence-corrected chi connectivity index (χ0v) is 12.2. The Morgan fingerprint density at radius 2 is 2.20 bits per heavy atom. The van der Waals surface area contributed by atoms with Gasteiger partial charge >= 0.3 is 5.97 Å². The third-order valence-electron chi connectivity index (χ3n) is 3.20. The summed E-state index contributed by atoms with van der Waals surface area (Å²) in [7, 11) is -2.57. The van der Waals surface area contributed by atoms with Crippen LogP contribution in [0.4, 0.5) is 4.39 Å². The number of nitrogens with zero attached hydrogens (tertiary/aromatic N) is 1. The Labute approximate surface area is 121 Å². The summed E-state index contributed by atoms with van der Waals surface area (Å²) in [6.07, 6.45) is 0.394. The minimum absolute atomic E-state index is 0.0444. The van der Waals surface area contributed by atoms with Crippen LogP contribution in [0.5, 0.6) is 0 Å². The Kier molecular flexibility index (Phi) is 4.31. The number of hydrogen-bond donors (Lipinski definition) is 0. The van der Waals surface area contributed by atoms with Crippen LogP contribution in [0, 0.1) is 11.7 Å². The van der Waals surface area contributed by atoms with Crippen LogP contribution < -0.4 is 0 Å². The van der Waals surface area contributed by atoms with Gasteiger partial charge in [0.05, 0.1) is 18.1 Å². The molecule has 1 atom stereocenters. The van der Waals surface area contributed by atoms with Gasteiger partial charge in [-0.2, -0.15) is 4.31 Å². The van der Waals surface area contributed by atoms with Crippen molar-refractivity contribution in [1.29, 1.82) is 0 Å². The fourth-order valence-electron chi connectivity index (χ4n) is 2.13. The Balaban J connectivity index is 2.26. The Morgan fingerprint density at radius 1 is 1.50 bits per heavy atom. The maximum atomic E-state index is 13.0. The molecule has 1 aromatic rings. The fourth-order valence-corrected chi connectivity index (χ4v) is 4.13. The van der Waals surface area contributed by atoms with Crippen molar-refractivity contribution in [3.63, 3.8) is 0 Å². The van der Waals surface area contributed by atoms with Crippen molar-refractivity contribution in [2.24, 2.45) is 5.92 Å². The van der Waals surface area contributed by atoms with Crippen LogP contribution in [0.15, 0.2) is 23.1 Å². The number of sulfonamides is 1. The normalized spacial score (nSPS) is 20.1. The Bertz CT molecular complexity index is 634. The zero-order chi connectivity index (χ0) is 14.9. The standard InChI is InChI=1S/C12H13ClFNO4S/c1-19-12(16)8-4-5-15(7-8)20(17,18)11-3-2-9(14)6-10(11)13/h2-3,6,8H,4-5,7H2,1H3. The first kappa shape index (κ1) is 15.2. The van der Waals surface area contributed by atoms with Crippen LogP contribution in [0.2, 0.25) is 5.02 Å². The van der Waals surface area contributed by atoms with Gasteiger partial charge in [0.15, 0.2) is 0 Å². The lowest BCUT2D eigenvalue weighted by molar-refractivity contribution is -0.144. The van der Waals surface area contributed by atoms with E-state index in [2.05, 4.69) is 4.74 Å². The third kappa shape index (κ3) is 2.79. The molecule has 1 unspecified atom stereocenters. The number of halogens is 2. The molecule has 1 aliphatic rings. The van der Waals surface area contributed by atoms with Crippen molar-refractivity contribution in [2.75, 3.05) is 20.2 Å². The van der Waals surface area contributed by atoms with Gasteiger partial charge in [0.1, 0.15) is 10.7 Å². The summed E-state index contributed by atoms with van der Waals surface area (Å²) in [4.78, 5) is 11.3. The number of carbonyl (C=O) groups is 1. The van der Waals surface area contributed by atoms with Crippen molar-refractivity contribution in [3.8, 4) is 0 Å². The monoisotopic (exact) mass is 321 g/mol. The minimum atomic E-state index is -3.83. The summed E-state index contributed by atoms with van der Waals surface area (Å²) < 4.78 is 43.5. The molecule has 1 aliphatic heterocycles. The summed E-state index contributed by atoms with van der Waals surface area (Å²) in [6.45, 7) is 0.249. The molecule has 0 bridgehead atoms. The summed E-state index contributed by atoms with van der Waals surface area (Å²) in [5, 5.41) is -0.175. The number of carbonyl (C=O) groups excluding carboxylic acids is 1. The Morgan fingerprint density at radius 3 is 2.80 bits per heavy atom. The Hall–Kier alpha value is -1.18. The highest BCUT2D eigenvalue weighted by Crippen LogP contribution is 2.29. The average molecular weight is 322 g/mol. The topological polar surface area (TPSA) is 63.7 Å². The molecule has 1 aromatic carbocycles. The number of ether oxygens (including phenoxy) is 1. The van der Waals surface area contributed by atoms with E-state index in [0.29, 0.717) is 6.42 Å². The molecule has 1 heterocycles. The molecule has 8 heteroatoms. The van der Waals surface area contributed by atoms with Gasteiger partial charge in [-0.3, -0.25) is 4.79 Å². The largest absolute Gasteiger partial charge is 0.469 e. The molecule has 0 amide bonds. The maximum Gasteiger partial charge on any atom is 0.310 e. The lowest BCUT2D eigenvalue weighted by Crippen LogP contribution is -2.30. The quantitative estimate of drug-likeness (QED) is 0.794. The molecule has 0 aromatic heterocycles. The lowest BCUT2D eigenvalue weighted by Gasteiger charge is -2.17. The second-order valence-corrected chi connectivity index (χ2v) is 6.76. The number of methoxy groups -OCH3 is 1. The summed E-state index contributed by atoms with van der Waals surface area (Å²) in [5.41, 5.74) is 0. The molecule has 0 N–H and O–H groups in total. The van der Waals surface area contributed by atoms with Crippen molar-refractivity contribution in [2.45, 2.75) is 11.3 Å². The van der Waals surface area contributed by atoms with Crippen LogP contribution in [0.3, 0.4) is 0 Å². The van der Waals surface area contributed by atoms with Crippen molar-refractivity contribution in [1.82, 2.24) is 4.31 Å². The molecule has 0 aliphatic carbocycles. The van der Waals surface area contributed by atoms with E-state index >= 15 is 0 Å². The molecule has 1 fully saturated rings. The number of hydrogen-bond acceptors (Lipinski definition) is 4. The first-order chi connectivity index (χ1) is 9.36. The van der Waals surface area contributed by atoms with Gasteiger partial charge in [0.2, 0.25) is 10.0 Å². The predicted octanol–water partition coefficient (Wildman–Crippen LogP) is 1.66. The lowest BCUT2D eigenvalue weighted by atomic mass is 10.1. The molecule has 5 nitrogen and oxygen atoms in total. The predicted molar refractivity (Wildman–Crippen MR) is 70.3 cm³/mol. The minimum Gasteiger partial charge on any atom is -0.469 e. The van der Waals surface area contributed by atoms with E-state index in [1.54, 1.807) is 0 Å². The van der Waals surface area contributed by atoms with Gasteiger partial charge in [-0.15, -0.1) is 0 Å². The molecule has 0 saturated carbocycles. The van der Waals surface area contributed by atoms with Gasteiger partial charge in [-0.25, -0.2) is 12.8 Å². The van der Waals surface area contributed by atoms with Gasteiger partial charge in [0, 0.05) is 13.1 Å². The SMILES string of the molecule is COC(=O)C1CCN(S(=O)(=O)c2ccc(F)cc2Cl)C1. The summed E-state index contributed by atoms with van der Waals surface area (Å²) >= 11 is 5.78. The van der Waals surface area contributed by atoms with Crippen LogP contribution in [0.1, 0.15) is 6.42 Å². The molecule has 2 rings (SSSR count). The highest BCUT2D eigenvalue weighted by atomic mass is 35.5. The van der Waals surface area contributed by atoms with Crippen molar-refractivity contribution >= 4 is 27.6 Å². The van der Waals surface area contributed by atoms with Crippen molar-refractivity contribution < 1.29 is 22.3 Å². The van der Waals surface area contributed by atoms with Gasteiger partial charge in [0.25, 0.3) is 0 Å². The van der Waals surface area contributed by atoms with E-state index in [4.69, 9.17) is 11.6 Å². The van der Waals surface area contributed by atoms with E-state index < -0.39 is 27.7 Å². The number of rotatable bonds is 3. The smallest absolute Gasteiger partial charge is 0.310 e. The first-order valence-electron chi connectivity index (χ1n) is 5.89. The second kappa shape index (κ2) is 5.67. The molecule has 1 saturated heterocycles.